The van der Waals surface area contributed by atoms with Gasteiger partial charge in [-0.2, -0.15) is 0 Å². The number of aromatic nitrogens is 1. The lowest BCUT2D eigenvalue weighted by Gasteiger charge is -1.94. The van der Waals surface area contributed by atoms with Crippen LogP contribution in [0, 0.1) is 0 Å². The minimum Gasteiger partial charge on any atom is -0.408 e. The molecule has 102 valence electrons. The Morgan fingerprint density at radius 1 is 1.25 bits per heavy atom. The number of oxazole rings is 1. The lowest BCUT2D eigenvalue weighted by Crippen LogP contribution is -2.32. The number of nitrogens with zero attached hydrogens (tertiary/aromatic N) is 1. The Bertz CT molecular complexity index is 813. The summed E-state index contributed by atoms with van der Waals surface area (Å²) < 4.78 is 7.12. The fourth-order valence-corrected chi connectivity index (χ4v) is 2.35. The van der Waals surface area contributed by atoms with Crippen molar-refractivity contribution in [2.24, 2.45) is 0 Å². The molecule has 0 radical (unpaired) electrons. The Morgan fingerprint density at radius 3 is 2.45 bits per heavy atom. The van der Waals surface area contributed by atoms with Crippen LogP contribution in [-0.2, 0) is 6.54 Å². The molecule has 1 fully saturated rings. The van der Waals surface area contributed by atoms with Crippen LogP contribution in [0.1, 0.15) is 30.9 Å². The molecule has 3 rings (SSSR count). The molecule has 2 aromatic rings. The summed E-state index contributed by atoms with van der Waals surface area (Å²) in [6.07, 6.45) is 5.87. The monoisotopic (exact) mass is 267 g/mol. The zero-order valence-electron chi connectivity index (χ0n) is 11.6. The van der Waals surface area contributed by atoms with E-state index in [2.05, 4.69) is 6.58 Å². The second-order valence-corrected chi connectivity index (χ2v) is 4.94. The van der Waals surface area contributed by atoms with Crippen LogP contribution in [0.5, 0.6) is 0 Å². The molecule has 0 bridgehead atoms. The zero-order valence-corrected chi connectivity index (χ0v) is 11.6. The summed E-state index contributed by atoms with van der Waals surface area (Å²) in [5.41, 5.74) is 4.09. The predicted molar refractivity (Wildman–Crippen MR) is 80.6 cm³/mol. The van der Waals surface area contributed by atoms with Gasteiger partial charge in [-0.1, -0.05) is 36.9 Å². The Labute approximate surface area is 117 Å². The van der Waals surface area contributed by atoms with Gasteiger partial charge in [0, 0.05) is 6.54 Å². The highest BCUT2D eigenvalue weighted by Crippen LogP contribution is 2.26. The van der Waals surface area contributed by atoms with Crippen molar-refractivity contribution < 1.29 is 4.42 Å². The fraction of sp³-hybridized carbons (Fsp3) is 0.235. The largest absolute Gasteiger partial charge is 0.419 e. The quantitative estimate of drug-likeness (QED) is 0.851. The second-order valence-electron chi connectivity index (χ2n) is 4.94. The summed E-state index contributed by atoms with van der Waals surface area (Å²) in [6, 6.07) is 8.00. The summed E-state index contributed by atoms with van der Waals surface area (Å²) >= 11 is 0. The molecule has 20 heavy (non-hydrogen) atoms. The van der Waals surface area contributed by atoms with E-state index in [9.17, 15) is 4.79 Å². The summed E-state index contributed by atoms with van der Waals surface area (Å²) in [5, 5.41) is 0.977. The molecule has 1 aliphatic carbocycles. The lowest BCUT2D eigenvalue weighted by molar-refractivity contribution is 0.462. The van der Waals surface area contributed by atoms with Gasteiger partial charge in [0.1, 0.15) is 0 Å². The van der Waals surface area contributed by atoms with E-state index in [1.165, 1.54) is 5.57 Å². The standard InChI is InChI=1S/C17H17NO2/c1-3-12-5-7-13(8-6-12)11-15-16(14-9-10-14)18(4-2)17(19)20-15/h3,5-8,11H,1,4,9-10H2,2H3/b15-11+. The first-order valence-corrected chi connectivity index (χ1v) is 6.89. The van der Waals surface area contributed by atoms with E-state index in [0.717, 1.165) is 29.3 Å². The van der Waals surface area contributed by atoms with E-state index in [1.54, 1.807) is 4.57 Å². The maximum absolute atomic E-state index is 11.9. The molecule has 0 saturated heterocycles. The molecule has 1 saturated carbocycles. The van der Waals surface area contributed by atoms with Crippen LogP contribution >= 0.6 is 0 Å². The molecule has 1 aromatic heterocycles. The van der Waals surface area contributed by atoms with Gasteiger partial charge < -0.3 is 4.42 Å². The van der Waals surface area contributed by atoms with Gasteiger partial charge in [0.2, 0.25) is 0 Å². The molecule has 3 heteroatoms. The van der Waals surface area contributed by atoms with Gasteiger partial charge in [-0.05, 0) is 42.5 Å². The summed E-state index contributed by atoms with van der Waals surface area (Å²) in [4.78, 5) is 11.9. The number of hydrogen-bond acceptors (Lipinski definition) is 2. The fourth-order valence-electron chi connectivity index (χ4n) is 2.35. The molecule has 0 N–H and O–H groups in total. The highest BCUT2D eigenvalue weighted by atomic mass is 16.4. The first-order valence-electron chi connectivity index (χ1n) is 6.89. The van der Waals surface area contributed by atoms with Gasteiger partial charge in [-0.15, -0.1) is 0 Å². The van der Waals surface area contributed by atoms with Crippen LogP contribution in [0.2, 0.25) is 0 Å². The van der Waals surface area contributed by atoms with Gasteiger partial charge in [0.25, 0.3) is 0 Å². The topological polar surface area (TPSA) is 35.1 Å². The third-order valence-corrected chi connectivity index (χ3v) is 3.54. The molecule has 1 aliphatic rings. The third kappa shape index (κ3) is 2.27. The van der Waals surface area contributed by atoms with Crippen molar-refractivity contribution in [2.45, 2.75) is 26.3 Å². The first-order chi connectivity index (χ1) is 9.72. The van der Waals surface area contributed by atoms with Crippen LogP contribution < -0.4 is 16.5 Å². The van der Waals surface area contributed by atoms with Crippen molar-refractivity contribution in [3.8, 4) is 0 Å². The lowest BCUT2D eigenvalue weighted by atomic mass is 10.1. The van der Waals surface area contributed by atoms with E-state index < -0.39 is 0 Å². The maximum Gasteiger partial charge on any atom is 0.419 e. The number of benzene rings is 1. The number of rotatable bonds is 3. The molecule has 0 amide bonds. The zero-order chi connectivity index (χ0) is 14.1. The predicted octanol–water partition coefficient (Wildman–Crippen LogP) is 1.88. The van der Waals surface area contributed by atoms with Crippen LogP contribution in [0.25, 0.3) is 17.7 Å². The molecular formula is C17H17NO2. The Morgan fingerprint density at radius 2 is 1.90 bits per heavy atom. The van der Waals surface area contributed by atoms with Crippen LogP contribution in [-0.4, -0.2) is 4.57 Å². The minimum atomic E-state index is -0.268. The minimum absolute atomic E-state index is 0.268. The average molecular weight is 267 g/mol. The first kappa shape index (κ1) is 12.7. The van der Waals surface area contributed by atoms with Crippen LogP contribution in [0.4, 0.5) is 0 Å². The Kier molecular flexibility index (Phi) is 3.18. The van der Waals surface area contributed by atoms with E-state index in [4.69, 9.17) is 4.42 Å². The maximum atomic E-state index is 11.9. The van der Waals surface area contributed by atoms with E-state index in [1.807, 2.05) is 43.3 Å². The van der Waals surface area contributed by atoms with Crippen molar-refractivity contribution in [1.82, 2.24) is 4.57 Å². The van der Waals surface area contributed by atoms with Crippen molar-refractivity contribution in [3.63, 3.8) is 0 Å². The van der Waals surface area contributed by atoms with Crippen molar-refractivity contribution in [1.29, 1.82) is 0 Å². The van der Waals surface area contributed by atoms with Gasteiger partial charge >= 0.3 is 5.76 Å². The van der Waals surface area contributed by atoms with Crippen molar-refractivity contribution in [2.75, 3.05) is 0 Å². The van der Waals surface area contributed by atoms with Gasteiger partial charge in [0.15, 0.2) is 5.42 Å². The highest BCUT2D eigenvalue weighted by Gasteiger charge is 2.17. The molecular weight excluding hydrogens is 250 g/mol. The SMILES string of the molecule is C=Cc1ccc(/C=c2/oc(=O)n(CC)c2=C2CC2)cc1. The molecule has 0 atom stereocenters. The molecule has 1 heterocycles. The third-order valence-electron chi connectivity index (χ3n) is 3.54. The Hall–Kier alpha value is -2.29. The van der Waals surface area contributed by atoms with Gasteiger partial charge in [0.05, 0.1) is 5.35 Å². The van der Waals surface area contributed by atoms with Crippen LogP contribution in [0.15, 0.2) is 40.1 Å². The van der Waals surface area contributed by atoms with Crippen molar-refractivity contribution >= 4 is 17.7 Å². The van der Waals surface area contributed by atoms with E-state index >= 15 is 0 Å². The molecule has 3 nitrogen and oxygen atoms in total. The van der Waals surface area contributed by atoms with Crippen LogP contribution in [0.3, 0.4) is 0 Å². The van der Waals surface area contributed by atoms with E-state index in [0.29, 0.717) is 12.0 Å². The molecule has 1 aromatic carbocycles. The Balaban J connectivity index is 2.19. The van der Waals surface area contributed by atoms with Crippen molar-refractivity contribution in [3.05, 3.63) is 63.3 Å². The number of hydrogen-bond donors (Lipinski definition) is 0. The summed E-state index contributed by atoms with van der Waals surface area (Å²) in [7, 11) is 0. The highest BCUT2D eigenvalue weighted by molar-refractivity contribution is 5.59. The molecule has 0 aliphatic heterocycles. The smallest absolute Gasteiger partial charge is 0.408 e. The van der Waals surface area contributed by atoms with Gasteiger partial charge in [-0.25, -0.2) is 4.79 Å². The second kappa shape index (κ2) is 5.00. The van der Waals surface area contributed by atoms with Gasteiger partial charge in [-0.3, -0.25) is 4.57 Å². The normalized spacial score (nSPS) is 14.7. The van der Waals surface area contributed by atoms with E-state index in [-0.39, 0.29) is 5.76 Å². The summed E-state index contributed by atoms with van der Waals surface area (Å²) in [6.45, 7) is 6.35. The molecule has 0 unspecified atom stereocenters. The summed E-state index contributed by atoms with van der Waals surface area (Å²) in [5.74, 6) is -0.268. The average Bonchev–Trinajstić information content (AvgIpc) is 3.24. The molecule has 0 spiro atoms.